The molecule has 128 valence electrons. The van der Waals surface area contributed by atoms with Gasteiger partial charge in [0.25, 0.3) is 5.82 Å². The molecular formula is C16H19N3O4S. The Balaban J connectivity index is 1.75. The van der Waals surface area contributed by atoms with Gasteiger partial charge in [0.2, 0.25) is 11.0 Å². The number of amides is 1. The van der Waals surface area contributed by atoms with Crippen molar-refractivity contribution in [2.45, 2.75) is 26.7 Å². The number of aryl methyl sites for hydroxylation is 2. The minimum absolute atomic E-state index is 0.0591. The van der Waals surface area contributed by atoms with Crippen molar-refractivity contribution in [3.05, 3.63) is 35.2 Å². The predicted octanol–water partition coefficient (Wildman–Crippen LogP) is 2.74. The van der Waals surface area contributed by atoms with Crippen LogP contribution in [0.4, 0.5) is 5.13 Å². The number of hydrogen-bond acceptors (Lipinski definition) is 7. The van der Waals surface area contributed by atoms with Gasteiger partial charge in [-0.1, -0.05) is 18.2 Å². The van der Waals surface area contributed by atoms with Crippen molar-refractivity contribution in [3.8, 4) is 5.75 Å². The quantitative estimate of drug-likeness (QED) is 0.610. The summed E-state index contributed by atoms with van der Waals surface area (Å²) in [5.41, 5.74) is 2.15. The van der Waals surface area contributed by atoms with E-state index in [2.05, 4.69) is 19.4 Å². The fourth-order valence-electron chi connectivity index (χ4n) is 2.06. The predicted molar refractivity (Wildman–Crippen MR) is 90.5 cm³/mol. The zero-order chi connectivity index (χ0) is 17.5. The Morgan fingerprint density at radius 3 is 2.62 bits per heavy atom. The Morgan fingerprint density at radius 1 is 1.25 bits per heavy atom. The van der Waals surface area contributed by atoms with E-state index in [9.17, 15) is 9.59 Å². The lowest BCUT2D eigenvalue weighted by Gasteiger charge is -2.11. The topological polar surface area (TPSA) is 90.4 Å². The fraction of sp³-hybridized carbons (Fsp3) is 0.375. The number of ether oxygens (including phenoxy) is 2. The molecule has 0 bridgehead atoms. The van der Waals surface area contributed by atoms with Gasteiger partial charge in [-0.25, -0.2) is 4.79 Å². The number of rotatable bonds is 7. The average Bonchev–Trinajstić information content (AvgIpc) is 3.01. The fourth-order valence-corrected chi connectivity index (χ4v) is 2.64. The Kier molecular flexibility index (Phi) is 6.25. The first-order valence-corrected chi connectivity index (χ1v) is 8.19. The number of anilines is 1. The second-order valence-electron chi connectivity index (χ2n) is 5.14. The smallest absolute Gasteiger partial charge is 0.377 e. The molecule has 2 aromatic rings. The van der Waals surface area contributed by atoms with E-state index in [1.165, 1.54) is 7.11 Å². The van der Waals surface area contributed by atoms with Crippen LogP contribution in [0.5, 0.6) is 5.75 Å². The number of nitrogens with zero attached hydrogens (tertiary/aromatic N) is 2. The summed E-state index contributed by atoms with van der Waals surface area (Å²) in [6.07, 6.45) is 0.861. The molecule has 1 amide bonds. The van der Waals surface area contributed by atoms with Crippen molar-refractivity contribution < 1.29 is 19.1 Å². The number of aromatic nitrogens is 2. The van der Waals surface area contributed by atoms with Gasteiger partial charge in [-0.15, -0.1) is 0 Å². The largest absolute Gasteiger partial charge is 0.493 e. The van der Waals surface area contributed by atoms with Gasteiger partial charge in [0.1, 0.15) is 5.75 Å². The van der Waals surface area contributed by atoms with Crippen LogP contribution in [0.1, 0.15) is 34.6 Å². The molecular weight excluding hydrogens is 330 g/mol. The molecule has 0 saturated heterocycles. The normalized spacial score (nSPS) is 10.3. The molecule has 0 aliphatic heterocycles. The Labute approximate surface area is 144 Å². The van der Waals surface area contributed by atoms with Gasteiger partial charge in [-0.3, -0.25) is 4.79 Å². The Hall–Kier alpha value is -2.48. The lowest BCUT2D eigenvalue weighted by atomic mass is 10.1. The molecule has 0 aliphatic rings. The van der Waals surface area contributed by atoms with E-state index in [1.54, 1.807) is 0 Å². The van der Waals surface area contributed by atoms with Crippen LogP contribution < -0.4 is 10.1 Å². The number of benzene rings is 1. The van der Waals surface area contributed by atoms with Crippen LogP contribution in [0.15, 0.2) is 18.2 Å². The van der Waals surface area contributed by atoms with Crippen LogP contribution in [0, 0.1) is 13.8 Å². The van der Waals surface area contributed by atoms with Gasteiger partial charge in [0.15, 0.2) is 0 Å². The molecule has 0 unspecified atom stereocenters. The highest BCUT2D eigenvalue weighted by Crippen LogP contribution is 2.22. The molecule has 0 radical (unpaired) electrons. The van der Waals surface area contributed by atoms with E-state index in [-0.39, 0.29) is 23.3 Å². The standard InChI is InChI=1S/C16H19N3O4S/c1-10-6-4-7-11(2)13(10)23-9-5-8-12(20)17-16-18-14(19-24-16)15(21)22-3/h4,6-7H,5,8-9H2,1-3H3,(H,17,18,19,20). The van der Waals surface area contributed by atoms with Gasteiger partial charge < -0.3 is 14.8 Å². The molecule has 0 fully saturated rings. The van der Waals surface area contributed by atoms with Crippen molar-refractivity contribution in [1.82, 2.24) is 9.36 Å². The van der Waals surface area contributed by atoms with Crippen LogP contribution in [-0.4, -0.2) is 35.0 Å². The van der Waals surface area contributed by atoms with Crippen LogP contribution in [0.2, 0.25) is 0 Å². The molecule has 0 saturated carbocycles. The Bertz CT molecular complexity index is 710. The van der Waals surface area contributed by atoms with Crippen LogP contribution >= 0.6 is 11.5 Å². The summed E-state index contributed by atoms with van der Waals surface area (Å²) >= 11 is 0.936. The van der Waals surface area contributed by atoms with E-state index >= 15 is 0 Å². The summed E-state index contributed by atoms with van der Waals surface area (Å²) in [5, 5.41) is 2.88. The molecule has 7 nitrogen and oxygen atoms in total. The molecule has 2 rings (SSSR count). The molecule has 1 N–H and O–H groups in total. The minimum Gasteiger partial charge on any atom is -0.493 e. The molecule has 1 aromatic carbocycles. The highest BCUT2D eigenvalue weighted by Gasteiger charge is 2.14. The van der Waals surface area contributed by atoms with Crippen molar-refractivity contribution in [2.24, 2.45) is 0 Å². The molecule has 0 atom stereocenters. The molecule has 8 heteroatoms. The van der Waals surface area contributed by atoms with Crippen molar-refractivity contribution in [2.75, 3.05) is 19.0 Å². The highest BCUT2D eigenvalue weighted by atomic mass is 32.1. The molecule has 1 heterocycles. The van der Waals surface area contributed by atoms with Crippen LogP contribution in [0.25, 0.3) is 0 Å². The van der Waals surface area contributed by atoms with E-state index in [0.717, 1.165) is 28.4 Å². The zero-order valence-corrected chi connectivity index (χ0v) is 14.6. The third kappa shape index (κ3) is 4.76. The third-order valence-electron chi connectivity index (χ3n) is 3.24. The maximum Gasteiger partial charge on any atom is 0.377 e. The summed E-state index contributed by atoms with van der Waals surface area (Å²) in [6.45, 7) is 4.43. The van der Waals surface area contributed by atoms with E-state index in [4.69, 9.17) is 4.74 Å². The summed E-state index contributed by atoms with van der Waals surface area (Å²) in [5.74, 6) is -0.0256. The molecule has 24 heavy (non-hydrogen) atoms. The van der Waals surface area contributed by atoms with Crippen molar-refractivity contribution in [1.29, 1.82) is 0 Å². The van der Waals surface area contributed by atoms with Gasteiger partial charge in [0.05, 0.1) is 13.7 Å². The van der Waals surface area contributed by atoms with Crippen molar-refractivity contribution in [3.63, 3.8) is 0 Å². The maximum absolute atomic E-state index is 11.9. The monoisotopic (exact) mass is 349 g/mol. The molecule has 0 spiro atoms. The average molecular weight is 349 g/mol. The SMILES string of the molecule is COC(=O)c1nsc(NC(=O)CCCOc2c(C)cccc2C)n1. The van der Waals surface area contributed by atoms with E-state index < -0.39 is 5.97 Å². The molecule has 1 aromatic heterocycles. The summed E-state index contributed by atoms with van der Waals surface area (Å²) in [4.78, 5) is 27.0. The number of carbonyl (C=O) groups is 2. The first kappa shape index (κ1) is 17.9. The maximum atomic E-state index is 11.9. The number of methoxy groups -OCH3 is 1. The second-order valence-corrected chi connectivity index (χ2v) is 5.89. The summed E-state index contributed by atoms with van der Waals surface area (Å²) < 4.78 is 14.1. The zero-order valence-electron chi connectivity index (χ0n) is 13.8. The highest BCUT2D eigenvalue weighted by molar-refractivity contribution is 7.10. The lowest BCUT2D eigenvalue weighted by molar-refractivity contribution is -0.116. The third-order valence-corrected chi connectivity index (χ3v) is 3.87. The second kappa shape index (κ2) is 8.39. The minimum atomic E-state index is -0.631. The van der Waals surface area contributed by atoms with Gasteiger partial charge in [-0.2, -0.15) is 9.36 Å². The van der Waals surface area contributed by atoms with E-state index in [0.29, 0.717) is 13.0 Å². The number of esters is 1. The molecule has 0 aliphatic carbocycles. The van der Waals surface area contributed by atoms with Gasteiger partial charge in [0, 0.05) is 18.0 Å². The number of hydrogen-bond donors (Lipinski definition) is 1. The van der Waals surface area contributed by atoms with Crippen LogP contribution in [0.3, 0.4) is 0 Å². The van der Waals surface area contributed by atoms with Gasteiger partial charge >= 0.3 is 5.97 Å². The summed E-state index contributed by atoms with van der Waals surface area (Å²) in [7, 11) is 1.25. The first-order valence-electron chi connectivity index (χ1n) is 7.42. The van der Waals surface area contributed by atoms with Crippen LogP contribution in [-0.2, 0) is 9.53 Å². The van der Waals surface area contributed by atoms with Crippen molar-refractivity contribution >= 4 is 28.5 Å². The summed E-state index contributed by atoms with van der Waals surface area (Å²) in [6, 6.07) is 5.96. The Morgan fingerprint density at radius 2 is 1.96 bits per heavy atom. The first-order chi connectivity index (χ1) is 11.5. The lowest BCUT2D eigenvalue weighted by Crippen LogP contribution is -2.13. The van der Waals surface area contributed by atoms with E-state index in [1.807, 2.05) is 32.0 Å². The number of nitrogens with one attached hydrogen (secondary N) is 1. The number of carbonyl (C=O) groups excluding carboxylic acids is 2. The number of para-hydroxylation sites is 1. The van der Waals surface area contributed by atoms with Gasteiger partial charge in [-0.05, 0) is 31.4 Å².